The van der Waals surface area contributed by atoms with Crippen molar-refractivity contribution in [1.29, 1.82) is 0 Å². The van der Waals surface area contributed by atoms with Gasteiger partial charge in [-0.15, -0.1) is 0 Å². The summed E-state index contributed by atoms with van der Waals surface area (Å²) in [5.74, 6) is 1.45. The van der Waals surface area contributed by atoms with Crippen LogP contribution in [0.25, 0.3) is 0 Å². The Balaban J connectivity index is 2.17. The molecule has 0 spiro atoms. The first-order valence-electron chi connectivity index (χ1n) is 7.97. The van der Waals surface area contributed by atoms with Gasteiger partial charge in [-0.25, -0.2) is 0 Å². The molecule has 0 aromatic carbocycles. The highest BCUT2D eigenvalue weighted by atomic mass is 16.5. The quantitative estimate of drug-likeness (QED) is 0.606. The van der Waals surface area contributed by atoms with Crippen molar-refractivity contribution in [3.63, 3.8) is 0 Å². The fraction of sp³-hybridized carbons (Fsp3) is 0.882. The Morgan fingerprint density at radius 3 is 2.74 bits per heavy atom. The van der Waals surface area contributed by atoms with Crippen molar-refractivity contribution in [2.24, 2.45) is 23.2 Å². The summed E-state index contributed by atoms with van der Waals surface area (Å²) in [4.78, 5) is 0. The van der Waals surface area contributed by atoms with Crippen LogP contribution < -0.4 is 0 Å². The van der Waals surface area contributed by atoms with Gasteiger partial charge in [-0.05, 0) is 25.2 Å². The second-order valence-corrected chi connectivity index (χ2v) is 6.75. The monoisotopic (exact) mass is 266 g/mol. The summed E-state index contributed by atoms with van der Waals surface area (Å²) < 4.78 is 6.20. The van der Waals surface area contributed by atoms with Crippen LogP contribution in [0, 0.1) is 23.2 Å². The maximum absolute atomic E-state index is 9.91. The zero-order valence-electron chi connectivity index (χ0n) is 13.0. The van der Waals surface area contributed by atoms with E-state index in [1.807, 2.05) is 0 Å². The molecule has 1 aliphatic carbocycles. The highest BCUT2D eigenvalue weighted by Gasteiger charge is 2.52. The van der Waals surface area contributed by atoms with Crippen LogP contribution in [-0.4, -0.2) is 24.4 Å². The summed E-state index contributed by atoms with van der Waals surface area (Å²) in [6.07, 6.45) is 7.74. The number of aliphatic hydroxyl groups is 1. The average molecular weight is 266 g/mol. The molecule has 2 heteroatoms. The van der Waals surface area contributed by atoms with Crippen molar-refractivity contribution in [2.75, 3.05) is 13.2 Å². The Bertz CT molecular complexity index is 336. The number of aliphatic hydroxyl groups excluding tert-OH is 1. The molecule has 1 saturated heterocycles. The van der Waals surface area contributed by atoms with Gasteiger partial charge >= 0.3 is 0 Å². The second kappa shape index (κ2) is 5.97. The molecule has 5 atom stereocenters. The van der Waals surface area contributed by atoms with Crippen molar-refractivity contribution < 1.29 is 9.84 Å². The van der Waals surface area contributed by atoms with Gasteiger partial charge in [0.05, 0.1) is 19.3 Å². The number of fused-ring (bicyclic) bond motifs is 2. The Morgan fingerprint density at radius 1 is 1.37 bits per heavy atom. The van der Waals surface area contributed by atoms with Gasteiger partial charge in [0.25, 0.3) is 0 Å². The molecule has 0 aromatic heterocycles. The van der Waals surface area contributed by atoms with E-state index in [1.54, 1.807) is 0 Å². The van der Waals surface area contributed by atoms with E-state index in [0.717, 1.165) is 6.61 Å². The smallest absolute Gasteiger partial charge is 0.0643 e. The fourth-order valence-electron chi connectivity index (χ4n) is 4.27. The number of hydrogen-bond acceptors (Lipinski definition) is 2. The topological polar surface area (TPSA) is 29.5 Å². The van der Waals surface area contributed by atoms with Gasteiger partial charge in [0.2, 0.25) is 0 Å². The molecule has 0 aromatic rings. The highest BCUT2D eigenvalue weighted by Crippen LogP contribution is 2.52. The van der Waals surface area contributed by atoms with Crippen molar-refractivity contribution in [2.45, 2.75) is 59.5 Å². The van der Waals surface area contributed by atoms with E-state index < -0.39 is 0 Å². The van der Waals surface area contributed by atoms with E-state index in [2.05, 4.69) is 33.8 Å². The average Bonchev–Trinajstić information content (AvgIpc) is 2.38. The lowest BCUT2D eigenvalue weighted by molar-refractivity contribution is -0.164. The van der Waals surface area contributed by atoms with Crippen LogP contribution in [0.5, 0.6) is 0 Å². The van der Waals surface area contributed by atoms with E-state index in [-0.39, 0.29) is 12.0 Å². The zero-order valence-corrected chi connectivity index (χ0v) is 13.0. The third kappa shape index (κ3) is 2.50. The van der Waals surface area contributed by atoms with Gasteiger partial charge in [-0.3, -0.25) is 0 Å². The van der Waals surface area contributed by atoms with Crippen LogP contribution in [0.2, 0.25) is 0 Å². The molecular weight excluding hydrogens is 236 g/mol. The Labute approximate surface area is 118 Å². The van der Waals surface area contributed by atoms with Crippen LogP contribution in [-0.2, 0) is 4.74 Å². The molecule has 2 bridgehead atoms. The molecular formula is C17H30O2. The Hall–Kier alpha value is -0.340. The van der Waals surface area contributed by atoms with Crippen LogP contribution in [0.15, 0.2) is 11.6 Å². The molecule has 1 heterocycles. The van der Waals surface area contributed by atoms with E-state index in [0.29, 0.717) is 23.9 Å². The minimum atomic E-state index is -0.0502. The van der Waals surface area contributed by atoms with Crippen LogP contribution in [0.4, 0.5) is 0 Å². The molecule has 2 rings (SSSR count). The molecule has 0 saturated carbocycles. The number of unbranched alkanes of at least 4 members (excludes halogenated alkanes) is 2. The fourth-order valence-corrected chi connectivity index (χ4v) is 4.27. The van der Waals surface area contributed by atoms with Gasteiger partial charge in [-0.2, -0.15) is 0 Å². The second-order valence-electron chi connectivity index (χ2n) is 6.75. The largest absolute Gasteiger partial charge is 0.396 e. The first kappa shape index (κ1) is 15.1. The summed E-state index contributed by atoms with van der Waals surface area (Å²) in [6, 6.07) is 0. The van der Waals surface area contributed by atoms with E-state index in [4.69, 9.17) is 4.74 Å². The molecule has 0 amide bonds. The van der Waals surface area contributed by atoms with Gasteiger partial charge in [0.15, 0.2) is 0 Å². The standard InChI is InChI=1S/C17H30O2/c1-5-6-7-8-15-16-12(2)9-13(3)17(10-18,11-19-15)14(16)4/h9,13-16,18H,5-8,10-11H2,1-4H3/t13-,14+,15+,16+,17-/m1/s1. The number of hydrogen-bond donors (Lipinski definition) is 1. The molecule has 2 nitrogen and oxygen atoms in total. The molecule has 110 valence electrons. The minimum absolute atomic E-state index is 0.0502. The third-order valence-electron chi connectivity index (χ3n) is 5.74. The number of ether oxygens (including phenoxy) is 1. The predicted octanol–water partition coefficient (Wildman–Crippen LogP) is 3.79. The van der Waals surface area contributed by atoms with Crippen LogP contribution in [0.1, 0.15) is 53.4 Å². The summed E-state index contributed by atoms with van der Waals surface area (Å²) in [7, 11) is 0. The summed E-state index contributed by atoms with van der Waals surface area (Å²) in [5.41, 5.74) is 1.43. The van der Waals surface area contributed by atoms with E-state index >= 15 is 0 Å². The Kier molecular flexibility index (Phi) is 4.73. The lowest BCUT2D eigenvalue weighted by atomic mass is 9.56. The lowest BCUT2D eigenvalue weighted by Gasteiger charge is -2.55. The number of rotatable bonds is 5. The Morgan fingerprint density at radius 2 is 2.11 bits per heavy atom. The molecule has 0 radical (unpaired) electrons. The summed E-state index contributed by atoms with van der Waals surface area (Å²) >= 11 is 0. The summed E-state index contributed by atoms with van der Waals surface area (Å²) in [6.45, 7) is 10.0. The normalized spacial score (nSPS) is 42.1. The van der Waals surface area contributed by atoms with Crippen LogP contribution >= 0.6 is 0 Å². The first-order valence-corrected chi connectivity index (χ1v) is 7.97. The van der Waals surface area contributed by atoms with Gasteiger partial charge < -0.3 is 9.84 Å². The molecule has 0 unspecified atom stereocenters. The summed E-state index contributed by atoms with van der Waals surface area (Å²) in [5, 5.41) is 9.91. The molecule has 19 heavy (non-hydrogen) atoms. The van der Waals surface area contributed by atoms with Crippen molar-refractivity contribution in [1.82, 2.24) is 0 Å². The van der Waals surface area contributed by atoms with E-state index in [9.17, 15) is 5.11 Å². The molecule has 1 aliphatic heterocycles. The lowest BCUT2D eigenvalue weighted by Crippen LogP contribution is -2.56. The van der Waals surface area contributed by atoms with Gasteiger partial charge in [0.1, 0.15) is 0 Å². The van der Waals surface area contributed by atoms with Crippen LogP contribution in [0.3, 0.4) is 0 Å². The van der Waals surface area contributed by atoms with Gasteiger partial charge in [0, 0.05) is 11.3 Å². The zero-order chi connectivity index (χ0) is 14.0. The SMILES string of the molecule is CCCCC[C@@H]1OC[C@]2(CO)[C@H](C)C=C(C)[C@H]1[C@@H]2C. The molecule has 2 aliphatic rings. The van der Waals surface area contributed by atoms with Crippen molar-refractivity contribution >= 4 is 0 Å². The maximum Gasteiger partial charge on any atom is 0.0643 e. The molecule has 1 N–H and O–H groups in total. The first-order chi connectivity index (χ1) is 9.06. The highest BCUT2D eigenvalue weighted by molar-refractivity contribution is 5.20. The van der Waals surface area contributed by atoms with Crippen molar-refractivity contribution in [3.05, 3.63) is 11.6 Å². The van der Waals surface area contributed by atoms with E-state index in [1.165, 1.54) is 31.3 Å². The predicted molar refractivity (Wildman–Crippen MR) is 79.0 cm³/mol. The van der Waals surface area contributed by atoms with Crippen molar-refractivity contribution in [3.8, 4) is 0 Å². The van der Waals surface area contributed by atoms with Gasteiger partial charge in [-0.1, -0.05) is 51.7 Å². The molecule has 1 fully saturated rings. The minimum Gasteiger partial charge on any atom is -0.396 e. The third-order valence-corrected chi connectivity index (χ3v) is 5.74. The number of allylic oxidation sites excluding steroid dienone is 1. The maximum atomic E-state index is 9.91.